The molecule has 0 radical (unpaired) electrons. The van der Waals surface area contributed by atoms with Gasteiger partial charge >= 0.3 is 0 Å². The third kappa shape index (κ3) is 3.37. The van der Waals surface area contributed by atoms with E-state index in [4.69, 9.17) is 5.73 Å². The lowest BCUT2D eigenvalue weighted by Gasteiger charge is -2.13. The highest BCUT2D eigenvalue weighted by Gasteiger charge is 2.09. The second-order valence-corrected chi connectivity index (χ2v) is 4.55. The maximum Gasteiger partial charge on any atom is 0.218 e. The molecule has 0 bridgehead atoms. The van der Waals surface area contributed by atoms with Gasteiger partial charge in [0.2, 0.25) is 5.91 Å². The van der Waals surface area contributed by atoms with E-state index in [-0.39, 0.29) is 11.8 Å². The van der Waals surface area contributed by atoms with Crippen LogP contribution in [-0.2, 0) is 4.79 Å². The topological polar surface area (TPSA) is 43.1 Å². The van der Waals surface area contributed by atoms with Crippen LogP contribution >= 0.6 is 0 Å². The van der Waals surface area contributed by atoms with Crippen LogP contribution in [0.15, 0.2) is 24.3 Å². The van der Waals surface area contributed by atoms with Crippen molar-refractivity contribution in [1.82, 2.24) is 0 Å². The van der Waals surface area contributed by atoms with Crippen molar-refractivity contribution in [2.24, 2.45) is 5.73 Å². The standard InChI is InChI=1S/C14H21NO/c1-4-10(2)12-5-7-13(8-6-12)11(3)9-14(15)16/h5-8,10-11H,4,9H2,1-3H3,(H2,15,16). The molecule has 2 nitrogen and oxygen atoms in total. The molecular formula is C14H21NO. The molecule has 0 saturated carbocycles. The van der Waals surface area contributed by atoms with Crippen molar-refractivity contribution >= 4 is 5.91 Å². The second-order valence-electron chi connectivity index (χ2n) is 4.55. The molecule has 0 saturated heterocycles. The van der Waals surface area contributed by atoms with E-state index < -0.39 is 0 Å². The maximum atomic E-state index is 10.8. The summed E-state index contributed by atoms with van der Waals surface area (Å²) < 4.78 is 0. The predicted molar refractivity (Wildman–Crippen MR) is 67.4 cm³/mol. The Bertz CT molecular complexity index is 342. The second kappa shape index (κ2) is 5.69. The average Bonchev–Trinajstić information content (AvgIpc) is 2.27. The summed E-state index contributed by atoms with van der Waals surface area (Å²) >= 11 is 0. The molecule has 2 atom stereocenters. The summed E-state index contributed by atoms with van der Waals surface area (Å²) in [5.41, 5.74) is 7.74. The van der Waals surface area contributed by atoms with Crippen molar-refractivity contribution in [3.05, 3.63) is 35.4 Å². The summed E-state index contributed by atoms with van der Waals surface area (Å²) in [7, 11) is 0. The Morgan fingerprint density at radius 3 is 1.94 bits per heavy atom. The van der Waals surface area contributed by atoms with Gasteiger partial charge in [0.1, 0.15) is 0 Å². The summed E-state index contributed by atoms with van der Waals surface area (Å²) in [5.74, 6) is 0.572. The Balaban J connectivity index is 2.74. The van der Waals surface area contributed by atoms with Crippen molar-refractivity contribution in [2.45, 2.75) is 45.4 Å². The maximum absolute atomic E-state index is 10.8. The molecule has 1 aromatic carbocycles. The Hall–Kier alpha value is -1.31. The lowest BCUT2D eigenvalue weighted by atomic mass is 9.93. The Kier molecular flexibility index (Phi) is 4.53. The minimum Gasteiger partial charge on any atom is -0.370 e. The number of benzene rings is 1. The largest absolute Gasteiger partial charge is 0.370 e. The molecule has 1 aromatic rings. The molecule has 2 heteroatoms. The van der Waals surface area contributed by atoms with E-state index in [0.29, 0.717) is 12.3 Å². The molecule has 1 amide bonds. The fourth-order valence-electron chi connectivity index (χ4n) is 1.81. The number of primary amides is 1. The van der Waals surface area contributed by atoms with Crippen molar-refractivity contribution in [2.75, 3.05) is 0 Å². The number of nitrogens with two attached hydrogens (primary N) is 1. The first-order valence-electron chi connectivity index (χ1n) is 5.92. The van der Waals surface area contributed by atoms with Gasteiger partial charge in [-0.3, -0.25) is 4.79 Å². The van der Waals surface area contributed by atoms with Gasteiger partial charge in [-0.05, 0) is 29.4 Å². The van der Waals surface area contributed by atoms with Gasteiger partial charge in [-0.25, -0.2) is 0 Å². The Labute approximate surface area is 97.9 Å². The highest BCUT2D eigenvalue weighted by Crippen LogP contribution is 2.23. The van der Waals surface area contributed by atoms with Gasteiger partial charge in [0.25, 0.3) is 0 Å². The van der Waals surface area contributed by atoms with E-state index in [1.807, 2.05) is 6.92 Å². The van der Waals surface area contributed by atoms with Gasteiger partial charge < -0.3 is 5.73 Å². The SMILES string of the molecule is CCC(C)c1ccc(C(C)CC(N)=O)cc1. The number of hydrogen-bond donors (Lipinski definition) is 1. The van der Waals surface area contributed by atoms with Crippen molar-refractivity contribution in [1.29, 1.82) is 0 Å². The number of rotatable bonds is 5. The van der Waals surface area contributed by atoms with Gasteiger partial charge in [0.15, 0.2) is 0 Å². The van der Waals surface area contributed by atoms with Gasteiger partial charge in [-0.1, -0.05) is 45.0 Å². The van der Waals surface area contributed by atoms with E-state index in [2.05, 4.69) is 38.1 Å². The van der Waals surface area contributed by atoms with E-state index in [9.17, 15) is 4.79 Å². The number of hydrogen-bond acceptors (Lipinski definition) is 1. The Morgan fingerprint density at radius 1 is 1.12 bits per heavy atom. The van der Waals surface area contributed by atoms with Crippen LogP contribution in [0.2, 0.25) is 0 Å². The van der Waals surface area contributed by atoms with E-state index >= 15 is 0 Å². The molecule has 0 aliphatic heterocycles. The smallest absolute Gasteiger partial charge is 0.218 e. The quantitative estimate of drug-likeness (QED) is 0.812. The van der Waals surface area contributed by atoms with E-state index in [0.717, 1.165) is 6.42 Å². The van der Waals surface area contributed by atoms with E-state index in [1.54, 1.807) is 0 Å². The highest BCUT2D eigenvalue weighted by molar-refractivity contribution is 5.74. The Morgan fingerprint density at radius 2 is 1.56 bits per heavy atom. The van der Waals surface area contributed by atoms with Crippen molar-refractivity contribution in [3.8, 4) is 0 Å². The van der Waals surface area contributed by atoms with Crippen LogP contribution in [0, 0.1) is 0 Å². The van der Waals surface area contributed by atoms with Crippen LogP contribution < -0.4 is 5.73 Å². The molecule has 88 valence electrons. The summed E-state index contributed by atoms with van der Waals surface area (Å²) in [4.78, 5) is 10.8. The highest BCUT2D eigenvalue weighted by atomic mass is 16.1. The summed E-state index contributed by atoms with van der Waals surface area (Å²) in [5, 5.41) is 0. The molecule has 0 heterocycles. The van der Waals surface area contributed by atoms with Crippen LogP contribution in [0.4, 0.5) is 0 Å². The zero-order chi connectivity index (χ0) is 12.1. The normalized spacial score (nSPS) is 14.4. The summed E-state index contributed by atoms with van der Waals surface area (Å²) in [6.45, 7) is 6.44. The van der Waals surface area contributed by atoms with Gasteiger partial charge in [0, 0.05) is 6.42 Å². The molecule has 2 N–H and O–H groups in total. The third-order valence-electron chi connectivity index (χ3n) is 3.19. The fourth-order valence-corrected chi connectivity index (χ4v) is 1.81. The summed E-state index contributed by atoms with van der Waals surface area (Å²) in [6, 6.07) is 8.52. The molecule has 0 spiro atoms. The minimum absolute atomic E-state index is 0.212. The van der Waals surface area contributed by atoms with Crippen LogP contribution in [0.3, 0.4) is 0 Å². The first-order valence-corrected chi connectivity index (χ1v) is 5.92. The number of carbonyl (C=O) groups is 1. The fraction of sp³-hybridized carbons (Fsp3) is 0.500. The molecular weight excluding hydrogens is 198 g/mol. The minimum atomic E-state index is -0.237. The first-order chi connectivity index (χ1) is 7.54. The van der Waals surface area contributed by atoms with Crippen LogP contribution in [0.1, 0.15) is 56.6 Å². The van der Waals surface area contributed by atoms with Crippen LogP contribution in [0.25, 0.3) is 0 Å². The average molecular weight is 219 g/mol. The van der Waals surface area contributed by atoms with Gasteiger partial charge in [-0.2, -0.15) is 0 Å². The molecule has 2 unspecified atom stereocenters. The summed E-state index contributed by atoms with van der Waals surface area (Å²) in [6.07, 6.45) is 1.57. The third-order valence-corrected chi connectivity index (χ3v) is 3.19. The predicted octanol–water partition coefficient (Wildman–Crippen LogP) is 3.18. The first kappa shape index (κ1) is 12.8. The van der Waals surface area contributed by atoms with Gasteiger partial charge in [0.05, 0.1) is 0 Å². The molecule has 0 fully saturated rings. The lowest BCUT2D eigenvalue weighted by Crippen LogP contribution is -2.13. The van der Waals surface area contributed by atoms with Crippen LogP contribution in [-0.4, -0.2) is 5.91 Å². The molecule has 0 aliphatic rings. The monoisotopic (exact) mass is 219 g/mol. The molecule has 1 rings (SSSR count). The lowest BCUT2D eigenvalue weighted by molar-refractivity contribution is -0.118. The van der Waals surface area contributed by atoms with Crippen molar-refractivity contribution < 1.29 is 4.79 Å². The zero-order valence-electron chi connectivity index (χ0n) is 10.4. The van der Waals surface area contributed by atoms with Crippen LogP contribution in [0.5, 0.6) is 0 Å². The van der Waals surface area contributed by atoms with Crippen molar-refractivity contribution in [3.63, 3.8) is 0 Å². The molecule has 0 aromatic heterocycles. The number of carbonyl (C=O) groups excluding carboxylic acids is 1. The number of amides is 1. The van der Waals surface area contributed by atoms with Gasteiger partial charge in [-0.15, -0.1) is 0 Å². The zero-order valence-corrected chi connectivity index (χ0v) is 10.4. The van der Waals surface area contributed by atoms with E-state index in [1.165, 1.54) is 11.1 Å². The molecule has 16 heavy (non-hydrogen) atoms. The molecule has 0 aliphatic carbocycles.